The fourth-order valence-corrected chi connectivity index (χ4v) is 2.15. The first-order chi connectivity index (χ1) is 14.5. The zero-order valence-corrected chi connectivity index (χ0v) is 18.1. The normalized spacial score (nSPS) is 9.06. The number of nitrogens with two attached hydrogens (primary N) is 2. The zero-order valence-electron chi connectivity index (χ0n) is 18.1. The number of amides is 2. The minimum absolute atomic E-state index is 0.0174. The number of carbonyl (C=O) groups excluding carboxylic acids is 3. The van der Waals surface area contributed by atoms with E-state index < -0.39 is 11.9 Å². The second-order valence-corrected chi connectivity index (χ2v) is 5.76. The molecular formula is C21H28N4O6. The molecule has 0 saturated heterocycles. The summed E-state index contributed by atoms with van der Waals surface area (Å²) in [4.78, 5) is 43.4. The first kappa shape index (κ1) is 26.9. The molecule has 0 radical (unpaired) electrons. The number of hydrogen-bond acceptors (Lipinski definition) is 7. The summed E-state index contributed by atoms with van der Waals surface area (Å²) in [6.45, 7) is 6.73. The number of carboxylic acids is 1. The molecule has 0 aliphatic carbocycles. The monoisotopic (exact) mass is 432 g/mol. The number of hydrogen-bond donors (Lipinski definition) is 5. The van der Waals surface area contributed by atoms with Gasteiger partial charge in [0, 0.05) is 36.6 Å². The topological polar surface area (TPSA) is 174 Å². The lowest BCUT2D eigenvalue weighted by Gasteiger charge is -2.07. The van der Waals surface area contributed by atoms with Crippen LogP contribution in [-0.4, -0.2) is 36.0 Å². The summed E-state index contributed by atoms with van der Waals surface area (Å²) < 4.78 is 4.55. The van der Waals surface area contributed by atoms with Gasteiger partial charge in [0.15, 0.2) is 0 Å². The van der Waals surface area contributed by atoms with Gasteiger partial charge < -0.3 is 31.9 Å². The molecule has 0 saturated carbocycles. The van der Waals surface area contributed by atoms with Gasteiger partial charge in [-0.2, -0.15) is 0 Å². The fourth-order valence-electron chi connectivity index (χ4n) is 2.15. The largest absolute Gasteiger partial charge is 0.478 e. The molecule has 31 heavy (non-hydrogen) atoms. The van der Waals surface area contributed by atoms with E-state index in [4.69, 9.17) is 16.6 Å². The Hall–Kier alpha value is -4.08. The van der Waals surface area contributed by atoms with E-state index in [9.17, 15) is 19.2 Å². The molecule has 0 aliphatic rings. The second kappa shape index (κ2) is 13.2. The van der Waals surface area contributed by atoms with Crippen molar-refractivity contribution in [2.24, 2.45) is 0 Å². The number of aromatic carboxylic acids is 1. The molecule has 10 nitrogen and oxygen atoms in total. The third-order valence-corrected chi connectivity index (χ3v) is 3.38. The summed E-state index contributed by atoms with van der Waals surface area (Å²) >= 11 is 0. The maximum absolute atomic E-state index is 11.3. The summed E-state index contributed by atoms with van der Waals surface area (Å²) in [5.41, 5.74) is 12.7. The van der Waals surface area contributed by atoms with Crippen LogP contribution in [0.3, 0.4) is 0 Å². The number of carbonyl (C=O) groups is 4. The van der Waals surface area contributed by atoms with E-state index in [0.717, 1.165) is 0 Å². The molecule has 168 valence electrons. The molecule has 0 bridgehead atoms. The average Bonchev–Trinajstić information content (AvgIpc) is 2.71. The van der Waals surface area contributed by atoms with Crippen LogP contribution in [-0.2, 0) is 14.3 Å². The smallest absolute Gasteiger partial charge is 0.340 e. The Labute approximate surface area is 180 Å². The Balaban J connectivity index is 0.000000539. The van der Waals surface area contributed by atoms with Crippen LogP contribution in [0.25, 0.3) is 0 Å². The Kier molecular flexibility index (Phi) is 11.5. The predicted octanol–water partition coefficient (Wildman–Crippen LogP) is 2.97. The molecule has 0 fully saturated rings. The number of benzene rings is 2. The van der Waals surface area contributed by atoms with Gasteiger partial charge in [0.05, 0.1) is 18.2 Å². The lowest BCUT2D eigenvalue weighted by Crippen LogP contribution is -2.09. The fraction of sp³-hybridized carbons (Fsp3) is 0.238. The highest BCUT2D eigenvalue weighted by Gasteiger charge is 2.11. The van der Waals surface area contributed by atoms with Crippen molar-refractivity contribution in [2.75, 3.05) is 29.2 Å². The summed E-state index contributed by atoms with van der Waals surface area (Å²) in [6.07, 6.45) is 0. The molecule has 0 aliphatic heterocycles. The Morgan fingerprint density at radius 2 is 1.19 bits per heavy atom. The molecule has 2 aromatic rings. The quantitative estimate of drug-likeness (QED) is 0.362. The SMILES string of the molecule is CC.CC(=O)Nc1ccc(N)c(C(=O)O)c1.COC(=O)c1cc(NC(C)=O)ccc1N. The van der Waals surface area contributed by atoms with Gasteiger partial charge in [-0.1, -0.05) is 13.8 Å². The van der Waals surface area contributed by atoms with Crippen LogP contribution in [0.15, 0.2) is 36.4 Å². The number of esters is 1. The lowest BCUT2D eigenvalue weighted by atomic mass is 10.1. The van der Waals surface area contributed by atoms with Gasteiger partial charge >= 0.3 is 11.9 Å². The zero-order chi connectivity index (χ0) is 24.1. The molecule has 0 spiro atoms. The number of nitrogen functional groups attached to an aromatic ring is 2. The van der Waals surface area contributed by atoms with Crippen molar-refractivity contribution >= 4 is 46.5 Å². The van der Waals surface area contributed by atoms with E-state index in [1.807, 2.05) is 13.8 Å². The Morgan fingerprint density at radius 1 is 0.806 bits per heavy atom. The summed E-state index contributed by atoms with van der Waals surface area (Å²) in [6, 6.07) is 8.93. The predicted molar refractivity (Wildman–Crippen MR) is 120 cm³/mol. The standard InChI is InChI=1S/C10H12N2O3.C9H10N2O3.C2H6/c1-6(13)12-7-3-4-9(11)8(5-7)10(14)15-2;1-5(12)11-6-2-3-8(10)7(4-6)9(13)14;1-2/h3-5H,11H2,1-2H3,(H,12,13);2-4H,10H2,1H3,(H,11,12)(H,13,14);1-2H3. The molecular weight excluding hydrogens is 404 g/mol. The van der Waals surface area contributed by atoms with E-state index >= 15 is 0 Å². The Morgan fingerprint density at radius 3 is 1.55 bits per heavy atom. The minimum atomic E-state index is -1.12. The molecule has 0 unspecified atom stereocenters. The summed E-state index contributed by atoms with van der Waals surface area (Å²) in [5.74, 6) is -2.11. The third kappa shape index (κ3) is 9.31. The molecule has 2 rings (SSSR count). The Bertz CT molecular complexity index is 943. The molecule has 10 heteroatoms. The van der Waals surface area contributed by atoms with Crippen molar-refractivity contribution in [2.45, 2.75) is 27.7 Å². The number of carboxylic acid groups (broad SMARTS) is 1. The maximum Gasteiger partial charge on any atom is 0.340 e. The van der Waals surface area contributed by atoms with Crippen molar-refractivity contribution in [3.05, 3.63) is 47.5 Å². The van der Waals surface area contributed by atoms with E-state index in [1.165, 1.54) is 45.2 Å². The van der Waals surface area contributed by atoms with E-state index in [-0.39, 0.29) is 28.6 Å². The van der Waals surface area contributed by atoms with Crippen LogP contribution < -0.4 is 22.1 Å². The first-order valence-corrected chi connectivity index (χ1v) is 9.21. The van der Waals surface area contributed by atoms with Crippen molar-refractivity contribution in [1.82, 2.24) is 0 Å². The van der Waals surface area contributed by atoms with Gasteiger partial charge in [-0.3, -0.25) is 9.59 Å². The number of methoxy groups -OCH3 is 1. The van der Waals surface area contributed by atoms with Crippen LogP contribution in [0, 0.1) is 0 Å². The van der Waals surface area contributed by atoms with Crippen molar-refractivity contribution in [3.63, 3.8) is 0 Å². The average molecular weight is 432 g/mol. The number of nitrogens with one attached hydrogen (secondary N) is 2. The third-order valence-electron chi connectivity index (χ3n) is 3.38. The van der Waals surface area contributed by atoms with Crippen LogP contribution in [0.2, 0.25) is 0 Å². The van der Waals surface area contributed by atoms with Gasteiger partial charge in [-0.05, 0) is 36.4 Å². The number of rotatable bonds is 4. The molecule has 2 amide bonds. The van der Waals surface area contributed by atoms with Crippen LogP contribution in [0.1, 0.15) is 48.4 Å². The molecule has 7 N–H and O–H groups in total. The van der Waals surface area contributed by atoms with Crippen molar-refractivity contribution < 1.29 is 29.0 Å². The second-order valence-electron chi connectivity index (χ2n) is 5.76. The molecule has 0 aromatic heterocycles. The molecule has 0 atom stereocenters. The minimum Gasteiger partial charge on any atom is -0.478 e. The lowest BCUT2D eigenvalue weighted by molar-refractivity contribution is -0.115. The molecule has 0 heterocycles. The van der Waals surface area contributed by atoms with Crippen LogP contribution in [0.4, 0.5) is 22.7 Å². The summed E-state index contributed by atoms with van der Waals surface area (Å²) in [7, 11) is 1.27. The van der Waals surface area contributed by atoms with Gasteiger partial charge in [0.25, 0.3) is 0 Å². The van der Waals surface area contributed by atoms with Gasteiger partial charge in [-0.25, -0.2) is 9.59 Å². The highest BCUT2D eigenvalue weighted by molar-refractivity contribution is 5.98. The number of ether oxygens (including phenoxy) is 1. The van der Waals surface area contributed by atoms with E-state index in [1.54, 1.807) is 12.1 Å². The van der Waals surface area contributed by atoms with Crippen molar-refractivity contribution in [3.8, 4) is 0 Å². The van der Waals surface area contributed by atoms with Crippen LogP contribution >= 0.6 is 0 Å². The first-order valence-electron chi connectivity index (χ1n) is 9.21. The van der Waals surface area contributed by atoms with Gasteiger partial charge in [0.1, 0.15) is 0 Å². The maximum atomic E-state index is 11.3. The van der Waals surface area contributed by atoms with Crippen LogP contribution in [0.5, 0.6) is 0 Å². The molecule has 2 aromatic carbocycles. The van der Waals surface area contributed by atoms with E-state index in [0.29, 0.717) is 17.1 Å². The number of anilines is 4. The van der Waals surface area contributed by atoms with Crippen molar-refractivity contribution in [1.29, 1.82) is 0 Å². The highest BCUT2D eigenvalue weighted by atomic mass is 16.5. The van der Waals surface area contributed by atoms with Gasteiger partial charge in [-0.15, -0.1) is 0 Å². The summed E-state index contributed by atoms with van der Waals surface area (Å²) in [5, 5.41) is 13.8. The van der Waals surface area contributed by atoms with Gasteiger partial charge in [0.2, 0.25) is 11.8 Å². The van der Waals surface area contributed by atoms with E-state index in [2.05, 4.69) is 15.4 Å². The highest BCUT2D eigenvalue weighted by Crippen LogP contribution is 2.19.